The third-order valence-electron chi connectivity index (χ3n) is 6.04. The topological polar surface area (TPSA) is 101 Å². The molecule has 4 aromatic rings. The van der Waals surface area contributed by atoms with Crippen molar-refractivity contribution in [2.24, 2.45) is 0 Å². The maximum Gasteiger partial charge on any atom is 0.336 e. The Morgan fingerprint density at radius 2 is 1.71 bits per heavy atom. The fourth-order valence-electron chi connectivity index (χ4n) is 4.21. The number of carbonyl (C=O) groups is 4. The van der Waals surface area contributed by atoms with Gasteiger partial charge in [0.05, 0.1) is 15.7 Å². The van der Waals surface area contributed by atoms with E-state index in [0.29, 0.717) is 16.6 Å². The van der Waals surface area contributed by atoms with E-state index in [2.05, 4.69) is 10.6 Å². The number of nitrogens with one attached hydrogen (secondary N) is 2. The second kappa shape index (κ2) is 10.2. The Morgan fingerprint density at radius 3 is 2.47 bits per heavy atom. The second-order valence-electron chi connectivity index (χ2n) is 8.67. The number of imide groups is 2. The van der Waals surface area contributed by atoms with Crippen LogP contribution in [0.1, 0.15) is 11.1 Å². The Balaban J connectivity index is 1.49. The summed E-state index contributed by atoms with van der Waals surface area (Å²) in [6, 6.07) is 18.3. The van der Waals surface area contributed by atoms with Gasteiger partial charge in [-0.15, -0.1) is 0 Å². The molecule has 5 rings (SSSR count). The van der Waals surface area contributed by atoms with Gasteiger partial charge in [-0.05, 0) is 43.3 Å². The van der Waals surface area contributed by atoms with Gasteiger partial charge in [0.2, 0.25) is 5.91 Å². The molecule has 1 saturated heterocycles. The van der Waals surface area contributed by atoms with Crippen molar-refractivity contribution in [3.8, 4) is 0 Å². The van der Waals surface area contributed by atoms with Crippen molar-refractivity contribution >= 4 is 75.3 Å². The molecular weight excluding hydrogens is 527 g/mol. The van der Waals surface area contributed by atoms with Crippen LogP contribution in [0.15, 0.2) is 78.5 Å². The van der Waals surface area contributed by atoms with E-state index in [1.807, 2.05) is 55.5 Å². The molecule has 0 spiro atoms. The summed E-state index contributed by atoms with van der Waals surface area (Å²) in [6.07, 6.45) is 3.08. The standard InChI is InChI=1S/C28H20Cl2N4O4/c1-16-9-11-18(12-10-16)31-24(35)15-33-14-17(19-5-2-3-7-22(19)33)13-20-26(36)32-28(38)34(27(20)37)23-8-4-6-21(29)25(23)30/h2-14H,15H2,1H3,(H,31,35)(H,32,36,38)/b20-13+. The van der Waals surface area contributed by atoms with Crippen LogP contribution in [0.3, 0.4) is 0 Å². The van der Waals surface area contributed by atoms with Gasteiger partial charge in [-0.1, -0.05) is 65.2 Å². The summed E-state index contributed by atoms with van der Waals surface area (Å²) in [5.41, 5.74) is 2.79. The summed E-state index contributed by atoms with van der Waals surface area (Å²) < 4.78 is 1.73. The van der Waals surface area contributed by atoms with Crippen LogP contribution in [0.25, 0.3) is 17.0 Å². The minimum absolute atomic E-state index is 0.000436. The van der Waals surface area contributed by atoms with Crippen LogP contribution < -0.4 is 15.5 Å². The number of fused-ring (bicyclic) bond motifs is 1. The van der Waals surface area contributed by atoms with Crippen LogP contribution in [0, 0.1) is 6.92 Å². The van der Waals surface area contributed by atoms with E-state index >= 15 is 0 Å². The molecule has 0 radical (unpaired) electrons. The van der Waals surface area contributed by atoms with Gasteiger partial charge in [-0.3, -0.25) is 19.7 Å². The minimum Gasteiger partial charge on any atom is -0.337 e. The second-order valence-corrected chi connectivity index (χ2v) is 9.46. The summed E-state index contributed by atoms with van der Waals surface area (Å²) >= 11 is 12.3. The van der Waals surface area contributed by atoms with Gasteiger partial charge >= 0.3 is 6.03 Å². The zero-order valence-corrected chi connectivity index (χ0v) is 21.5. The number of halogens is 2. The number of aryl methyl sites for hydroxylation is 1. The molecule has 2 heterocycles. The molecule has 0 aliphatic carbocycles. The Hall–Kier alpha value is -4.40. The molecule has 38 heavy (non-hydrogen) atoms. The fourth-order valence-corrected chi connectivity index (χ4v) is 4.59. The van der Waals surface area contributed by atoms with E-state index in [0.717, 1.165) is 16.0 Å². The van der Waals surface area contributed by atoms with Crippen LogP contribution in [-0.2, 0) is 20.9 Å². The first-order valence-electron chi connectivity index (χ1n) is 11.5. The molecule has 1 fully saturated rings. The summed E-state index contributed by atoms with van der Waals surface area (Å²) in [5, 5.41) is 5.91. The maximum absolute atomic E-state index is 13.4. The van der Waals surface area contributed by atoms with E-state index in [1.54, 1.807) is 16.8 Å². The third kappa shape index (κ3) is 4.79. The molecule has 2 N–H and O–H groups in total. The number of benzene rings is 3. The normalized spacial score (nSPS) is 14.8. The molecule has 1 aromatic heterocycles. The molecule has 190 valence electrons. The van der Waals surface area contributed by atoms with Gasteiger partial charge in [0, 0.05) is 28.4 Å². The summed E-state index contributed by atoms with van der Waals surface area (Å²) in [6.45, 7) is 1.96. The highest BCUT2D eigenvalue weighted by molar-refractivity contribution is 6.46. The first kappa shape index (κ1) is 25.3. The highest BCUT2D eigenvalue weighted by atomic mass is 35.5. The van der Waals surface area contributed by atoms with Gasteiger partial charge in [0.25, 0.3) is 11.8 Å². The molecule has 5 amide bonds. The number of amides is 5. The Morgan fingerprint density at radius 1 is 0.974 bits per heavy atom. The average Bonchev–Trinajstić information content (AvgIpc) is 3.22. The van der Waals surface area contributed by atoms with Gasteiger partial charge in [-0.25, -0.2) is 9.69 Å². The number of anilines is 2. The van der Waals surface area contributed by atoms with Crippen LogP contribution in [0.5, 0.6) is 0 Å². The monoisotopic (exact) mass is 546 g/mol. The number of hydrogen-bond donors (Lipinski definition) is 2. The SMILES string of the molecule is Cc1ccc(NC(=O)Cn2cc(/C=C3\C(=O)NC(=O)N(c4cccc(Cl)c4Cl)C3=O)c3ccccc32)cc1. The number of hydrogen-bond acceptors (Lipinski definition) is 4. The molecule has 1 aliphatic heterocycles. The van der Waals surface area contributed by atoms with Crippen LogP contribution in [0.4, 0.5) is 16.2 Å². The van der Waals surface area contributed by atoms with Crippen molar-refractivity contribution in [3.05, 3.63) is 99.7 Å². The van der Waals surface area contributed by atoms with Crippen molar-refractivity contribution in [1.29, 1.82) is 0 Å². The van der Waals surface area contributed by atoms with Gasteiger partial charge in [0.1, 0.15) is 12.1 Å². The first-order valence-corrected chi connectivity index (χ1v) is 12.3. The predicted molar refractivity (Wildman–Crippen MR) is 147 cm³/mol. The van der Waals surface area contributed by atoms with E-state index < -0.39 is 17.8 Å². The lowest BCUT2D eigenvalue weighted by atomic mass is 10.1. The van der Waals surface area contributed by atoms with Crippen molar-refractivity contribution in [3.63, 3.8) is 0 Å². The number of urea groups is 1. The number of carbonyl (C=O) groups excluding carboxylic acids is 4. The molecule has 0 atom stereocenters. The van der Waals surface area contributed by atoms with Crippen molar-refractivity contribution in [1.82, 2.24) is 9.88 Å². The van der Waals surface area contributed by atoms with E-state index in [1.165, 1.54) is 18.2 Å². The number of barbiturate groups is 1. The Bertz CT molecular complexity index is 1660. The summed E-state index contributed by atoms with van der Waals surface area (Å²) in [7, 11) is 0. The molecule has 8 nitrogen and oxygen atoms in total. The largest absolute Gasteiger partial charge is 0.337 e. The van der Waals surface area contributed by atoms with Crippen LogP contribution in [-0.4, -0.2) is 28.3 Å². The minimum atomic E-state index is -0.934. The van der Waals surface area contributed by atoms with Crippen LogP contribution in [0.2, 0.25) is 10.0 Å². The lowest BCUT2D eigenvalue weighted by molar-refractivity contribution is -0.122. The molecule has 0 unspecified atom stereocenters. The van der Waals surface area contributed by atoms with Crippen molar-refractivity contribution in [2.45, 2.75) is 13.5 Å². The molecule has 10 heteroatoms. The van der Waals surface area contributed by atoms with Crippen molar-refractivity contribution in [2.75, 3.05) is 10.2 Å². The number of rotatable bonds is 5. The maximum atomic E-state index is 13.4. The highest BCUT2D eigenvalue weighted by Crippen LogP contribution is 2.34. The van der Waals surface area contributed by atoms with Crippen LogP contribution >= 0.6 is 23.2 Å². The molecule has 3 aromatic carbocycles. The first-order chi connectivity index (χ1) is 18.2. The Labute approximate surface area is 227 Å². The molecule has 1 aliphatic rings. The molecule has 0 bridgehead atoms. The van der Waals surface area contributed by atoms with Crippen molar-refractivity contribution < 1.29 is 19.2 Å². The number of nitrogens with zero attached hydrogens (tertiary/aromatic N) is 2. The van der Waals surface area contributed by atoms with Gasteiger partial charge in [-0.2, -0.15) is 0 Å². The lowest BCUT2D eigenvalue weighted by Gasteiger charge is -2.27. The predicted octanol–water partition coefficient (Wildman–Crippen LogP) is 5.56. The zero-order valence-electron chi connectivity index (χ0n) is 20.0. The third-order valence-corrected chi connectivity index (χ3v) is 6.85. The average molecular weight is 547 g/mol. The van der Waals surface area contributed by atoms with Gasteiger partial charge in [0.15, 0.2) is 0 Å². The van der Waals surface area contributed by atoms with E-state index in [9.17, 15) is 19.2 Å². The quantitative estimate of drug-likeness (QED) is 0.252. The van der Waals surface area contributed by atoms with E-state index in [4.69, 9.17) is 23.2 Å². The molecular formula is C28H20Cl2N4O4. The smallest absolute Gasteiger partial charge is 0.336 e. The zero-order chi connectivity index (χ0) is 27.0. The Kier molecular flexibility index (Phi) is 6.75. The fraction of sp³-hybridized carbons (Fsp3) is 0.0714. The summed E-state index contributed by atoms with van der Waals surface area (Å²) in [5.74, 6) is -1.94. The highest BCUT2D eigenvalue weighted by Gasteiger charge is 2.38. The number of para-hydroxylation sites is 1. The van der Waals surface area contributed by atoms with E-state index in [-0.39, 0.29) is 33.8 Å². The lowest BCUT2D eigenvalue weighted by Crippen LogP contribution is -2.54. The van der Waals surface area contributed by atoms with Gasteiger partial charge < -0.3 is 9.88 Å². The summed E-state index contributed by atoms with van der Waals surface area (Å²) in [4.78, 5) is 52.2. The number of aromatic nitrogens is 1. The molecule has 0 saturated carbocycles.